The van der Waals surface area contributed by atoms with Crippen molar-refractivity contribution in [2.24, 2.45) is 5.41 Å². The lowest BCUT2D eigenvalue weighted by atomic mass is 9.76. The summed E-state index contributed by atoms with van der Waals surface area (Å²) in [5.41, 5.74) is 1.45. The number of rotatable bonds is 1. The second-order valence-corrected chi connectivity index (χ2v) is 6.17. The summed E-state index contributed by atoms with van der Waals surface area (Å²) >= 11 is 0. The number of nitriles is 1. The fourth-order valence-corrected chi connectivity index (χ4v) is 3.28. The zero-order valence-electron chi connectivity index (χ0n) is 12.7. The standard InChI is InChI=1S/C16H18N4O2/c1-19(2)14(21)11-3-4-12-8-16(5-6-18-9-16)15(22)20(10-17)13(12)7-11/h3-4,7,18H,5-6,8-9H2,1-2H3. The van der Waals surface area contributed by atoms with Gasteiger partial charge in [0.05, 0.1) is 11.1 Å². The van der Waals surface area contributed by atoms with E-state index < -0.39 is 5.41 Å². The van der Waals surface area contributed by atoms with Crippen LogP contribution in [-0.4, -0.2) is 43.9 Å². The molecule has 1 saturated heterocycles. The highest BCUT2D eigenvalue weighted by molar-refractivity contribution is 6.05. The second-order valence-electron chi connectivity index (χ2n) is 6.17. The number of anilines is 1. The van der Waals surface area contributed by atoms with E-state index in [1.165, 1.54) is 4.90 Å². The molecule has 0 aliphatic carbocycles. The molecule has 3 rings (SSSR count). The summed E-state index contributed by atoms with van der Waals surface area (Å²) in [6, 6.07) is 5.28. The molecule has 1 spiro atoms. The third-order valence-electron chi connectivity index (χ3n) is 4.51. The molecule has 0 radical (unpaired) electrons. The van der Waals surface area contributed by atoms with E-state index >= 15 is 0 Å². The lowest BCUT2D eigenvalue weighted by Crippen LogP contribution is -2.48. The largest absolute Gasteiger partial charge is 0.345 e. The monoisotopic (exact) mass is 298 g/mol. The molecule has 2 amide bonds. The molecule has 6 nitrogen and oxygen atoms in total. The molecule has 0 bridgehead atoms. The highest BCUT2D eigenvalue weighted by atomic mass is 16.2. The summed E-state index contributed by atoms with van der Waals surface area (Å²) in [7, 11) is 3.35. The molecule has 114 valence electrons. The predicted octanol–water partition coefficient (Wildman–Crippen LogP) is 0.738. The fraction of sp³-hybridized carbons (Fsp3) is 0.438. The maximum atomic E-state index is 12.7. The normalized spacial score (nSPS) is 23.3. The summed E-state index contributed by atoms with van der Waals surface area (Å²) < 4.78 is 0. The van der Waals surface area contributed by atoms with Crippen molar-refractivity contribution in [1.82, 2.24) is 10.2 Å². The Balaban J connectivity index is 2.06. The Bertz CT molecular complexity index is 684. The molecule has 2 aliphatic rings. The third-order valence-corrected chi connectivity index (χ3v) is 4.51. The minimum Gasteiger partial charge on any atom is -0.345 e. The number of fused-ring (bicyclic) bond motifs is 1. The van der Waals surface area contributed by atoms with Crippen molar-refractivity contribution in [2.75, 3.05) is 32.1 Å². The quantitative estimate of drug-likeness (QED) is 0.776. The number of carbonyl (C=O) groups is 2. The van der Waals surface area contributed by atoms with Crippen LogP contribution in [0.1, 0.15) is 22.3 Å². The first-order valence-electron chi connectivity index (χ1n) is 7.28. The Morgan fingerprint density at radius 3 is 2.82 bits per heavy atom. The Morgan fingerprint density at radius 1 is 1.45 bits per heavy atom. The van der Waals surface area contributed by atoms with Crippen molar-refractivity contribution >= 4 is 17.5 Å². The van der Waals surface area contributed by atoms with Crippen LogP contribution in [0.3, 0.4) is 0 Å². The smallest absolute Gasteiger partial charge is 0.253 e. The summed E-state index contributed by atoms with van der Waals surface area (Å²) in [4.78, 5) is 27.4. The topological polar surface area (TPSA) is 76.4 Å². The molecule has 1 aromatic carbocycles. The molecule has 1 fully saturated rings. The lowest BCUT2D eigenvalue weighted by molar-refractivity contribution is -0.127. The number of hydrogen-bond donors (Lipinski definition) is 1. The average Bonchev–Trinajstić information content (AvgIpc) is 2.97. The fourth-order valence-electron chi connectivity index (χ4n) is 3.28. The van der Waals surface area contributed by atoms with Crippen LogP contribution in [0.4, 0.5) is 5.69 Å². The first kappa shape index (κ1) is 14.5. The molecule has 1 aromatic rings. The van der Waals surface area contributed by atoms with Gasteiger partial charge in [0.2, 0.25) is 5.91 Å². The van der Waals surface area contributed by atoms with Crippen LogP contribution in [-0.2, 0) is 11.2 Å². The maximum absolute atomic E-state index is 12.7. The number of carbonyl (C=O) groups excluding carboxylic acids is 2. The molecule has 1 unspecified atom stereocenters. The van der Waals surface area contributed by atoms with Gasteiger partial charge in [0.15, 0.2) is 6.19 Å². The van der Waals surface area contributed by atoms with Crippen LogP contribution in [0.25, 0.3) is 0 Å². The van der Waals surface area contributed by atoms with Crippen LogP contribution >= 0.6 is 0 Å². The first-order valence-corrected chi connectivity index (χ1v) is 7.28. The summed E-state index contributed by atoms with van der Waals surface area (Å²) in [6.45, 7) is 1.39. The first-order chi connectivity index (χ1) is 10.5. The van der Waals surface area contributed by atoms with Gasteiger partial charge >= 0.3 is 0 Å². The third kappa shape index (κ3) is 2.06. The number of amides is 2. The number of nitrogens with one attached hydrogen (secondary N) is 1. The van der Waals surface area contributed by atoms with Crippen molar-refractivity contribution in [3.63, 3.8) is 0 Å². The van der Waals surface area contributed by atoms with Gasteiger partial charge in [0.1, 0.15) is 0 Å². The number of benzene rings is 1. The van der Waals surface area contributed by atoms with E-state index in [0.29, 0.717) is 24.2 Å². The van der Waals surface area contributed by atoms with E-state index in [1.807, 2.05) is 12.3 Å². The second kappa shape index (κ2) is 5.11. The van der Waals surface area contributed by atoms with Crippen molar-refractivity contribution in [1.29, 1.82) is 5.26 Å². The number of nitrogens with zero attached hydrogens (tertiary/aromatic N) is 3. The Hall–Kier alpha value is -2.39. The lowest BCUT2D eigenvalue weighted by Gasteiger charge is -2.36. The average molecular weight is 298 g/mol. The summed E-state index contributed by atoms with van der Waals surface area (Å²) in [5, 5.41) is 12.6. The number of hydrogen-bond acceptors (Lipinski definition) is 4. The van der Waals surface area contributed by atoms with Gasteiger partial charge in [0.25, 0.3) is 5.91 Å². The van der Waals surface area contributed by atoms with Gasteiger partial charge in [-0.25, -0.2) is 4.90 Å². The van der Waals surface area contributed by atoms with Crippen molar-refractivity contribution in [2.45, 2.75) is 12.8 Å². The molecular weight excluding hydrogens is 280 g/mol. The van der Waals surface area contributed by atoms with E-state index in [2.05, 4.69) is 5.32 Å². The van der Waals surface area contributed by atoms with Gasteiger partial charge < -0.3 is 10.2 Å². The molecule has 6 heteroatoms. The van der Waals surface area contributed by atoms with Gasteiger partial charge in [-0.15, -0.1) is 0 Å². The molecule has 1 atom stereocenters. The Morgan fingerprint density at radius 2 is 2.23 bits per heavy atom. The van der Waals surface area contributed by atoms with Crippen molar-refractivity contribution < 1.29 is 9.59 Å². The van der Waals surface area contributed by atoms with Gasteiger partial charge in [-0.2, -0.15) is 5.26 Å². The van der Waals surface area contributed by atoms with Crippen LogP contribution in [0.15, 0.2) is 18.2 Å². The van der Waals surface area contributed by atoms with E-state index in [-0.39, 0.29) is 11.8 Å². The minimum atomic E-state index is -0.518. The molecule has 0 saturated carbocycles. The van der Waals surface area contributed by atoms with E-state index in [9.17, 15) is 14.9 Å². The van der Waals surface area contributed by atoms with Crippen LogP contribution < -0.4 is 10.2 Å². The zero-order valence-corrected chi connectivity index (χ0v) is 12.7. The van der Waals surface area contributed by atoms with Crippen LogP contribution in [0, 0.1) is 16.9 Å². The van der Waals surface area contributed by atoms with E-state index in [0.717, 1.165) is 23.4 Å². The van der Waals surface area contributed by atoms with E-state index in [1.54, 1.807) is 26.2 Å². The maximum Gasteiger partial charge on any atom is 0.253 e. The van der Waals surface area contributed by atoms with Crippen molar-refractivity contribution in [3.05, 3.63) is 29.3 Å². The van der Waals surface area contributed by atoms with Gasteiger partial charge in [-0.05, 0) is 37.1 Å². The summed E-state index contributed by atoms with van der Waals surface area (Å²) in [6.07, 6.45) is 3.34. The Labute approximate surface area is 129 Å². The Kier molecular flexibility index (Phi) is 3.38. The van der Waals surface area contributed by atoms with Crippen LogP contribution in [0.2, 0.25) is 0 Å². The molecule has 22 heavy (non-hydrogen) atoms. The minimum absolute atomic E-state index is 0.143. The SMILES string of the molecule is CN(C)C(=O)c1ccc2c(c1)N(C#N)C(=O)C1(CCNC1)C2. The molecule has 1 N–H and O–H groups in total. The summed E-state index contributed by atoms with van der Waals surface area (Å²) in [5.74, 6) is -0.307. The highest BCUT2D eigenvalue weighted by Crippen LogP contribution is 2.41. The predicted molar refractivity (Wildman–Crippen MR) is 81.2 cm³/mol. The zero-order chi connectivity index (χ0) is 15.9. The highest BCUT2D eigenvalue weighted by Gasteiger charge is 2.48. The van der Waals surface area contributed by atoms with Crippen molar-refractivity contribution in [3.8, 4) is 6.19 Å². The molecule has 2 heterocycles. The molecule has 0 aromatic heterocycles. The van der Waals surface area contributed by atoms with E-state index in [4.69, 9.17) is 0 Å². The van der Waals surface area contributed by atoms with Crippen LogP contribution in [0.5, 0.6) is 0 Å². The molecule has 2 aliphatic heterocycles. The van der Waals surface area contributed by atoms with Gasteiger partial charge in [-0.3, -0.25) is 9.59 Å². The molecular formula is C16H18N4O2. The van der Waals surface area contributed by atoms with Gasteiger partial charge in [0, 0.05) is 26.2 Å². The van der Waals surface area contributed by atoms with Gasteiger partial charge in [-0.1, -0.05) is 6.07 Å².